The lowest BCUT2D eigenvalue weighted by Gasteiger charge is -2.29. The molecule has 146 valence electrons. The minimum Gasteiger partial charge on any atom is -0.356 e. The molecule has 2 amide bonds. The number of aromatic nitrogens is 2. The number of amides is 2. The molecule has 2 rings (SSSR count). The lowest BCUT2D eigenvalue weighted by atomic mass is 9.81. The summed E-state index contributed by atoms with van der Waals surface area (Å²) in [6.07, 6.45) is 11.0. The van der Waals surface area contributed by atoms with Gasteiger partial charge in [-0.1, -0.05) is 33.1 Å². The molecule has 3 atom stereocenters. The zero-order chi connectivity index (χ0) is 18.9. The van der Waals surface area contributed by atoms with Crippen molar-refractivity contribution in [2.24, 2.45) is 24.8 Å². The Hall–Kier alpha value is -1.85. The lowest BCUT2D eigenvalue weighted by molar-refractivity contribution is -0.125. The largest absolute Gasteiger partial charge is 0.356 e. The Labute approximate surface area is 157 Å². The Bertz CT molecular complexity index is 584. The first-order chi connectivity index (χ1) is 12.5. The molecule has 1 saturated carbocycles. The summed E-state index contributed by atoms with van der Waals surface area (Å²) in [6, 6.07) is 0. The van der Waals surface area contributed by atoms with Gasteiger partial charge in [0.25, 0.3) is 5.91 Å². The van der Waals surface area contributed by atoms with Crippen molar-refractivity contribution in [3.8, 4) is 0 Å². The Balaban J connectivity index is 1.70. The molecule has 1 fully saturated rings. The van der Waals surface area contributed by atoms with E-state index in [-0.39, 0.29) is 17.7 Å². The maximum absolute atomic E-state index is 12.2. The highest BCUT2D eigenvalue weighted by Crippen LogP contribution is 2.28. The third-order valence-electron chi connectivity index (χ3n) is 5.50. The second kappa shape index (κ2) is 10.3. The summed E-state index contributed by atoms with van der Waals surface area (Å²) in [7, 11) is 1.82. The van der Waals surface area contributed by atoms with Gasteiger partial charge in [0.2, 0.25) is 5.91 Å². The van der Waals surface area contributed by atoms with E-state index in [1.54, 1.807) is 17.1 Å². The van der Waals surface area contributed by atoms with Crippen LogP contribution in [0.1, 0.15) is 69.3 Å². The molecule has 0 spiro atoms. The predicted molar refractivity (Wildman–Crippen MR) is 103 cm³/mol. The van der Waals surface area contributed by atoms with Crippen molar-refractivity contribution in [2.45, 2.75) is 58.8 Å². The highest BCUT2D eigenvalue weighted by molar-refractivity contribution is 5.92. The van der Waals surface area contributed by atoms with Crippen molar-refractivity contribution in [1.29, 1.82) is 0 Å². The zero-order valence-corrected chi connectivity index (χ0v) is 16.5. The van der Waals surface area contributed by atoms with E-state index < -0.39 is 0 Å². The number of aryl methyl sites for hydroxylation is 1. The molecule has 0 bridgehead atoms. The molecule has 1 aliphatic carbocycles. The molecule has 0 aromatic carbocycles. The SMILES string of the molecule is CCCC[C@@H](C)C(=O)NC[C@@H]1CCC[C@H](CNC(=O)c2cncn2C)C1. The van der Waals surface area contributed by atoms with Gasteiger partial charge in [0.15, 0.2) is 0 Å². The van der Waals surface area contributed by atoms with Gasteiger partial charge >= 0.3 is 0 Å². The van der Waals surface area contributed by atoms with Crippen molar-refractivity contribution in [1.82, 2.24) is 20.2 Å². The molecule has 1 aromatic heterocycles. The van der Waals surface area contributed by atoms with Crippen LogP contribution in [0, 0.1) is 17.8 Å². The van der Waals surface area contributed by atoms with Crippen LogP contribution < -0.4 is 10.6 Å². The summed E-state index contributed by atoms with van der Waals surface area (Å²) in [6.45, 7) is 5.63. The van der Waals surface area contributed by atoms with Gasteiger partial charge in [-0.2, -0.15) is 0 Å². The number of hydrogen-bond acceptors (Lipinski definition) is 3. The van der Waals surface area contributed by atoms with Crippen LogP contribution in [0.25, 0.3) is 0 Å². The van der Waals surface area contributed by atoms with Crippen LogP contribution in [-0.2, 0) is 11.8 Å². The van der Waals surface area contributed by atoms with Gasteiger partial charge < -0.3 is 15.2 Å². The Kier molecular flexibility index (Phi) is 8.13. The van der Waals surface area contributed by atoms with Crippen LogP contribution in [-0.4, -0.2) is 34.5 Å². The Morgan fingerprint density at radius 2 is 1.96 bits per heavy atom. The van der Waals surface area contributed by atoms with Gasteiger partial charge in [-0.3, -0.25) is 9.59 Å². The minimum absolute atomic E-state index is 0.0647. The molecular formula is C20H34N4O2. The van der Waals surface area contributed by atoms with E-state index in [4.69, 9.17) is 0 Å². The molecule has 1 aliphatic rings. The molecule has 6 heteroatoms. The average molecular weight is 363 g/mol. The lowest BCUT2D eigenvalue weighted by Crippen LogP contribution is -2.37. The summed E-state index contributed by atoms with van der Waals surface area (Å²) >= 11 is 0. The third kappa shape index (κ3) is 6.15. The molecule has 6 nitrogen and oxygen atoms in total. The Morgan fingerprint density at radius 3 is 2.58 bits per heavy atom. The fourth-order valence-electron chi connectivity index (χ4n) is 3.74. The number of carbonyl (C=O) groups is 2. The smallest absolute Gasteiger partial charge is 0.269 e. The second-order valence-electron chi connectivity index (χ2n) is 7.79. The molecule has 26 heavy (non-hydrogen) atoms. The maximum atomic E-state index is 12.2. The molecule has 0 aliphatic heterocycles. The Morgan fingerprint density at radius 1 is 1.27 bits per heavy atom. The van der Waals surface area contributed by atoms with E-state index in [2.05, 4.69) is 22.5 Å². The summed E-state index contributed by atoms with van der Waals surface area (Å²) in [5.74, 6) is 1.23. The summed E-state index contributed by atoms with van der Waals surface area (Å²) in [4.78, 5) is 28.4. The number of imidazole rings is 1. The number of nitrogens with zero attached hydrogens (tertiary/aromatic N) is 2. The van der Waals surface area contributed by atoms with E-state index in [1.165, 1.54) is 0 Å². The number of rotatable bonds is 9. The van der Waals surface area contributed by atoms with Crippen molar-refractivity contribution in [2.75, 3.05) is 13.1 Å². The third-order valence-corrected chi connectivity index (χ3v) is 5.50. The van der Waals surface area contributed by atoms with Crippen LogP contribution in [0.2, 0.25) is 0 Å². The van der Waals surface area contributed by atoms with Crippen LogP contribution in [0.3, 0.4) is 0 Å². The number of unbranched alkanes of at least 4 members (excludes halogenated alkanes) is 1. The van der Waals surface area contributed by atoms with Gasteiger partial charge in [-0.05, 0) is 37.5 Å². The summed E-state index contributed by atoms with van der Waals surface area (Å²) in [5, 5.41) is 6.17. The first-order valence-electron chi connectivity index (χ1n) is 10.0. The number of hydrogen-bond donors (Lipinski definition) is 2. The van der Waals surface area contributed by atoms with Gasteiger partial charge in [-0.25, -0.2) is 4.98 Å². The van der Waals surface area contributed by atoms with E-state index >= 15 is 0 Å². The van der Waals surface area contributed by atoms with Gasteiger partial charge in [0.05, 0.1) is 12.5 Å². The minimum atomic E-state index is -0.0647. The van der Waals surface area contributed by atoms with Crippen molar-refractivity contribution < 1.29 is 9.59 Å². The molecular weight excluding hydrogens is 328 g/mol. The number of nitrogens with one attached hydrogen (secondary N) is 2. The molecule has 0 saturated heterocycles. The van der Waals surface area contributed by atoms with Crippen LogP contribution >= 0.6 is 0 Å². The predicted octanol–water partition coefficient (Wildman–Crippen LogP) is 2.90. The molecule has 0 radical (unpaired) electrons. The van der Waals surface area contributed by atoms with Crippen molar-refractivity contribution >= 4 is 11.8 Å². The van der Waals surface area contributed by atoms with Crippen LogP contribution in [0.5, 0.6) is 0 Å². The molecule has 0 unspecified atom stereocenters. The first-order valence-corrected chi connectivity index (χ1v) is 10.0. The fourth-order valence-corrected chi connectivity index (χ4v) is 3.74. The fraction of sp³-hybridized carbons (Fsp3) is 0.750. The topological polar surface area (TPSA) is 76.0 Å². The molecule has 1 aromatic rings. The summed E-state index contributed by atoms with van der Waals surface area (Å²) in [5.41, 5.74) is 0.589. The average Bonchev–Trinajstić information content (AvgIpc) is 3.08. The van der Waals surface area contributed by atoms with Crippen LogP contribution in [0.15, 0.2) is 12.5 Å². The number of carbonyl (C=O) groups excluding carboxylic acids is 2. The van der Waals surface area contributed by atoms with Gasteiger partial charge in [0, 0.05) is 26.1 Å². The van der Waals surface area contributed by atoms with Gasteiger partial charge in [0.1, 0.15) is 5.69 Å². The molecule has 2 N–H and O–H groups in total. The normalized spacial score (nSPS) is 21.2. The molecule has 1 heterocycles. The first kappa shape index (κ1) is 20.5. The van der Waals surface area contributed by atoms with Gasteiger partial charge in [-0.15, -0.1) is 0 Å². The second-order valence-corrected chi connectivity index (χ2v) is 7.79. The standard InChI is InChI=1S/C20H34N4O2/c1-4-5-7-15(2)19(25)22-11-16-8-6-9-17(10-16)12-23-20(26)18-13-21-14-24(18)3/h13-17H,4-12H2,1-3H3,(H,22,25)(H,23,26)/t15-,16-,17+/m1/s1. The van der Waals surface area contributed by atoms with E-state index in [9.17, 15) is 9.59 Å². The maximum Gasteiger partial charge on any atom is 0.269 e. The highest BCUT2D eigenvalue weighted by atomic mass is 16.2. The highest BCUT2D eigenvalue weighted by Gasteiger charge is 2.24. The zero-order valence-electron chi connectivity index (χ0n) is 16.5. The van der Waals surface area contributed by atoms with Crippen LogP contribution in [0.4, 0.5) is 0 Å². The quantitative estimate of drug-likeness (QED) is 0.709. The van der Waals surface area contributed by atoms with E-state index in [0.717, 1.165) is 51.5 Å². The van der Waals surface area contributed by atoms with Crippen molar-refractivity contribution in [3.63, 3.8) is 0 Å². The van der Waals surface area contributed by atoms with Crippen molar-refractivity contribution in [3.05, 3.63) is 18.2 Å². The monoisotopic (exact) mass is 362 g/mol. The van der Waals surface area contributed by atoms with E-state index in [1.807, 2.05) is 14.0 Å². The summed E-state index contributed by atoms with van der Waals surface area (Å²) < 4.78 is 1.73. The van der Waals surface area contributed by atoms with E-state index in [0.29, 0.717) is 24.1 Å².